The maximum absolute atomic E-state index is 12.3. The zero-order valence-electron chi connectivity index (χ0n) is 12.1. The summed E-state index contributed by atoms with van der Waals surface area (Å²) < 4.78 is 0. The Hall–Kier alpha value is -2.00. The van der Waals surface area contributed by atoms with Gasteiger partial charge < -0.3 is 11.1 Å². The van der Waals surface area contributed by atoms with E-state index in [1.54, 1.807) is 0 Å². The maximum Gasteiger partial charge on any atom is 0.227 e. The van der Waals surface area contributed by atoms with Gasteiger partial charge in [-0.25, -0.2) is 0 Å². The minimum Gasteiger partial charge on any atom is -0.399 e. The molecule has 0 radical (unpaired) electrons. The van der Waals surface area contributed by atoms with E-state index in [4.69, 9.17) is 17.3 Å². The number of halogens is 1. The van der Waals surface area contributed by atoms with Crippen molar-refractivity contribution in [2.24, 2.45) is 0 Å². The lowest BCUT2D eigenvalue weighted by molar-refractivity contribution is -0.122. The second-order valence-electron chi connectivity index (χ2n) is 5.17. The maximum atomic E-state index is 12.3. The van der Waals surface area contributed by atoms with E-state index in [9.17, 15) is 4.79 Å². The van der Waals surface area contributed by atoms with Crippen LogP contribution in [0.25, 0.3) is 0 Å². The number of nitrogens with two attached hydrogens (primary N) is 1. The SMILES string of the molecule is CC(NC(=O)C(C)c1cccc(N)c1)c1ccc(Cl)cc1. The fourth-order valence-corrected chi connectivity index (χ4v) is 2.28. The van der Waals surface area contributed by atoms with E-state index >= 15 is 0 Å². The van der Waals surface area contributed by atoms with Gasteiger partial charge in [-0.1, -0.05) is 35.9 Å². The van der Waals surface area contributed by atoms with Crippen LogP contribution >= 0.6 is 11.6 Å². The first-order valence-corrected chi connectivity index (χ1v) is 7.26. The van der Waals surface area contributed by atoms with Crippen molar-refractivity contribution in [3.05, 3.63) is 64.7 Å². The van der Waals surface area contributed by atoms with E-state index in [0.29, 0.717) is 10.7 Å². The Morgan fingerprint density at radius 1 is 1.10 bits per heavy atom. The predicted octanol–water partition coefficient (Wildman–Crippen LogP) is 3.90. The van der Waals surface area contributed by atoms with Crippen LogP contribution in [0.5, 0.6) is 0 Å². The Morgan fingerprint density at radius 2 is 1.76 bits per heavy atom. The Morgan fingerprint density at radius 3 is 2.38 bits per heavy atom. The second-order valence-corrected chi connectivity index (χ2v) is 5.61. The minimum atomic E-state index is -0.247. The Kier molecular flexibility index (Phi) is 4.86. The standard InChI is InChI=1S/C17H19ClN2O/c1-11(14-4-3-5-16(19)10-14)17(21)20-12(2)13-6-8-15(18)9-7-13/h3-12H,19H2,1-2H3,(H,20,21). The number of nitrogens with one attached hydrogen (secondary N) is 1. The molecule has 0 saturated carbocycles. The van der Waals surface area contributed by atoms with Gasteiger partial charge in [-0.15, -0.1) is 0 Å². The van der Waals surface area contributed by atoms with Gasteiger partial charge in [-0.05, 0) is 49.2 Å². The molecule has 110 valence electrons. The van der Waals surface area contributed by atoms with Gasteiger partial charge in [0.15, 0.2) is 0 Å². The van der Waals surface area contributed by atoms with Gasteiger partial charge in [0, 0.05) is 10.7 Å². The molecular formula is C17H19ClN2O. The van der Waals surface area contributed by atoms with E-state index in [-0.39, 0.29) is 17.9 Å². The van der Waals surface area contributed by atoms with E-state index in [0.717, 1.165) is 11.1 Å². The number of amides is 1. The Bertz CT molecular complexity index is 625. The number of benzene rings is 2. The van der Waals surface area contributed by atoms with Crippen molar-refractivity contribution in [1.82, 2.24) is 5.32 Å². The second kappa shape index (κ2) is 6.64. The summed E-state index contributed by atoms with van der Waals surface area (Å²) in [5, 5.41) is 3.70. The highest BCUT2D eigenvalue weighted by molar-refractivity contribution is 6.30. The van der Waals surface area contributed by atoms with Gasteiger partial charge in [-0.2, -0.15) is 0 Å². The molecule has 0 bridgehead atoms. The highest BCUT2D eigenvalue weighted by Gasteiger charge is 2.18. The summed E-state index contributed by atoms with van der Waals surface area (Å²) in [6.07, 6.45) is 0. The van der Waals surface area contributed by atoms with Crippen molar-refractivity contribution in [2.75, 3.05) is 5.73 Å². The summed E-state index contributed by atoms with van der Waals surface area (Å²) in [7, 11) is 0. The average molecular weight is 303 g/mol. The average Bonchev–Trinajstić information content (AvgIpc) is 2.47. The van der Waals surface area contributed by atoms with Crippen LogP contribution in [0.2, 0.25) is 5.02 Å². The molecule has 0 saturated heterocycles. The monoisotopic (exact) mass is 302 g/mol. The van der Waals surface area contributed by atoms with Gasteiger partial charge in [0.1, 0.15) is 0 Å². The fraction of sp³-hybridized carbons (Fsp3) is 0.235. The minimum absolute atomic E-state index is 0.0250. The highest BCUT2D eigenvalue weighted by Crippen LogP contribution is 2.21. The quantitative estimate of drug-likeness (QED) is 0.842. The fourth-order valence-electron chi connectivity index (χ4n) is 2.15. The predicted molar refractivity (Wildman–Crippen MR) is 87.3 cm³/mol. The normalized spacial score (nSPS) is 13.5. The van der Waals surface area contributed by atoms with E-state index < -0.39 is 0 Å². The molecular weight excluding hydrogens is 284 g/mol. The van der Waals surface area contributed by atoms with Crippen molar-refractivity contribution < 1.29 is 4.79 Å². The molecule has 3 nitrogen and oxygen atoms in total. The molecule has 0 aromatic heterocycles. The summed E-state index contributed by atoms with van der Waals surface area (Å²) >= 11 is 5.87. The van der Waals surface area contributed by atoms with Gasteiger partial charge >= 0.3 is 0 Å². The van der Waals surface area contributed by atoms with Crippen LogP contribution in [-0.2, 0) is 4.79 Å². The number of hydrogen-bond acceptors (Lipinski definition) is 2. The van der Waals surface area contributed by atoms with Crippen LogP contribution in [-0.4, -0.2) is 5.91 Å². The molecule has 1 amide bonds. The van der Waals surface area contributed by atoms with Crippen molar-refractivity contribution in [1.29, 1.82) is 0 Å². The summed E-state index contributed by atoms with van der Waals surface area (Å²) in [6, 6.07) is 14.8. The summed E-state index contributed by atoms with van der Waals surface area (Å²) in [5.41, 5.74) is 8.36. The van der Waals surface area contributed by atoms with Crippen LogP contribution < -0.4 is 11.1 Å². The molecule has 0 fully saturated rings. The topological polar surface area (TPSA) is 55.1 Å². The molecule has 2 aromatic rings. The lowest BCUT2D eigenvalue weighted by Gasteiger charge is -2.18. The molecule has 0 spiro atoms. The number of rotatable bonds is 4. The summed E-state index contributed by atoms with van der Waals surface area (Å²) in [5.74, 6) is -0.272. The number of carbonyl (C=O) groups is 1. The summed E-state index contributed by atoms with van der Waals surface area (Å²) in [6.45, 7) is 3.83. The van der Waals surface area contributed by atoms with Crippen LogP contribution in [0.1, 0.15) is 36.9 Å². The highest BCUT2D eigenvalue weighted by atomic mass is 35.5. The zero-order chi connectivity index (χ0) is 15.4. The van der Waals surface area contributed by atoms with E-state index in [2.05, 4.69) is 5.32 Å². The molecule has 2 rings (SSSR count). The third kappa shape index (κ3) is 3.99. The van der Waals surface area contributed by atoms with Gasteiger partial charge in [-0.3, -0.25) is 4.79 Å². The number of nitrogen functional groups attached to an aromatic ring is 1. The molecule has 0 heterocycles. The first-order chi connectivity index (χ1) is 9.97. The first kappa shape index (κ1) is 15.4. The smallest absolute Gasteiger partial charge is 0.227 e. The lowest BCUT2D eigenvalue weighted by Crippen LogP contribution is -2.30. The van der Waals surface area contributed by atoms with Crippen molar-refractivity contribution >= 4 is 23.2 Å². The largest absolute Gasteiger partial charge is 0.399 e. The molecule has 0 aliphatic heterocycles. The van der Waals surface area contributed by atoms with Gasteiger partial charge in [0.2, 0.25) is 5.91 Å². The number of hydrogen-bond donors (Lipinski definition) is 2. The molecule has 2 atom stereocenters. The van der Waals surface area contributed by atoms with Gasteiger partial charge in [0.05, 0.1) is 12.0 Å². The number of anilines is 1. The van der Waals surface area contributed by atoms with Crippen molar-refractivity contribution in [3.8, 4) is 0 Å². The van der Waals surface area contributed by atoms with Crippen LogP contribution in [0.4, 0.5) is 5.69 Å². The molecule has 3 N–H and O–H groups in total. The van der Waals surface area contributed by atoms with Crippen LogP contribution in [0.3, 0.4) is 0 Å². The van der Waals surface area contributed by atoms with E-state index in [1.165, 1.54) is 0 Å². The molecule has 4 heteroatoms. The van der Waals surface area contributed by atoms with Crippen molar-refractivity contribution in [2.45, 2.75) is 25.8 Å². The molecule has 2 unspecified atom stereocenters. The Labute approximate surface area is 130 Å². The molecule has 0 aliphatic rings. The summed E-state index contributed by atoms with van der Waals surface area (Å²) in [4.78, 5) is 12.3. The molecule has 21 heavy (non-hydrogen) atoms. The third-order valence-corrected chi connectivity index (χ3v) is 3.78. The van der Waals surface area contributed by atoms with Gasteiger partial charge in [0.25, 0.3) is 0 Å². The molecule has 0 aliphatic carbocycles. The third-order valence-electron chi connectivity index (χ3n) is 3.53. The molecule has 2 aromatic carbocycles. The lowest BCUT2D eigenvalue weighted by atomic mass is 9.99. The van der Waals surface area contributed by atoms with Crippen LogP contribution in [0.15, 0.2) is 48.5 Å². The van der Waals surface area contributed by atoms with E-state index in [1.807, 2.05) is 62.4 Å². The van der Waals surface area contributed by atoms with Crippen LogP contribution in [0, 0.1) is 0 Å². The Balaban J connectivity index is 2.05. The first-order valence-electron chi connectivity index (χ1n) is 6.88. The zero-order valence-corrected chi connectivity index (χ0v) is 12.9. The number of carbonyl (C=O) groups excluding carboxylic acids is 1. The van der Waals surface area contributed by atoms with Crippen molar-refractivity contribution in [3.63, 3.8) is 0 Å².